The lowest BCUT2D eigenvalue weighted by atomic mass is 9.91. The molecule has 1 fully saturated rings. The fourth-order valence-electron chi connectivity index (χ4n) is 5.15. The first-order valence-electron chi connectivity index (χ1n) is 13.3. The molecule has 0 spiro atoms. The zero-order valence-electron chi connectivity index (χ0n) is 22.3. The minimum absolute atomic E-state index is 0. The summed E-state index contributed by atoms with van der Waals surface area (Å²) >= 11 is 0. The second kappa shape index (κ2) is 12.4. The molecule has 1 atom stereocenters. The average Bonchev–Trinajstić information content (AvgIpc) is 3.31. The lowest BCUT2D eigenvalue weighted by Gasteiger charge is -2.30. The molecule has 1 aliphatic carbocycles. The van der Waals surface area contributed by atoms with E-state index in [4.69, 9.17) is 21.3 Å². The largest absolute Gasteiger partial charge is 0.457 e. The van der Waals surface area contributed by atoms with E-state index in [0.29, 0.717) is 18.2 Å². The molecular weight excluding hydrogens is 514 g/mol. The van der Waals surface area contributed by atoms with Crippen molar-refractivity contribution in [3.05, 3.63) is 60.9 Å². The number of nitrogens with one attached hydrogen (secondary N) is 1. The molecule has 10 heteroatoms. The molecule has 39 heavy (non-hydrogen) atoms. The zero-order chi connectivity index (χ0) is 26.6. The molecule has 5 N–H and O–H groups in total. The van der Waals surface area contributed by atoms with Gasteiger partial charge in [0.05, 0.1) is 17.5 Å². The molecule has 0 bridgehead atoms. The van der Waals surface area contributed by atoms with Crippen LogP contribution in [0.1, 0.15) is 52.0 Å². The lowest BCUT2D eigenvalue weighted by molar-refractivity contribution is -0.123. The van der Waals surface area contributed by atoms with Gasteiger partial charge < -0.3 is 21.5 Å². The van der Waals surface area contributed by atoms with E-state index in [-0.39, 0.29) is 30.4 Å². The maximum absolute atomic E-state index is 12.5. The lowest BCUT2D eigenvalue weighted by Crippen LogP contribution is -2.47. The van der Waals surface area contributed by atoms with Crippen LogP contribution in [0.3, 0.4) is 0 Å². The topological polar surface area (TPSA) is 134 Å². The number of aromatic nitrogens is 4. The fourth-order valence-corrected chi connectivity index (χ4v) is 5.15. The summed E-state index contributed by atoms with van der Waals surface area (Å²) in [6.45, 7) is 4.15. The van der Waals surface area contributed by atoms with Crippen LogP contribution in [0.2, 0.25) is 0 Å². The van der Waals surface area contributed by atoms with Gasteiger partial charge in [0, 0.05) is 11.6 Å². The minimum Gasteiger partial charge on any atom is -0.457 e. The molecule has 206 valence electrons. The van der Waals surface area contributed by atoms with E-state index >= 15 is 0 Å². The minimum atomic E-state index is -0.463. The molecule has 2 aromatic carbocycles. The van der Waals surface area contributed by atoms with Crippen LogP contribution in [-0.2, 0) is 4.79 Å². The van der Waals surface area contributed by atoms with E-state index in [1.807, 2.05) is 59.3 Å². The summed E-state index contributed by atoms with van der Waals surface area (Å²) in [6, 6.07) is 17.3. The summed E-state index contributed by atoms with van der Waals surface area (Å²) in [5.74, 6) is 2.24. The van der Waals surface area contributed by atoms with Crippen LogP contribution in [0.5, 0.6) is 11.5 Å². The average molecular weight is 550 g/mol. The highest BCUT2D eigenvalue weighted by molar-refractivity contribution is 5.98. The quantitative estimate of drug-likeness (QED) is 0.273. The van der Waals surface area contributed by atoms with Gasteiger partial charge in [-0.15, -0.1) is 12.4 Å². The van der Waals surface area contributed by atoms with Crippen LogP contribution in [-0.4, -0.2) is 37.7 Å². The Kier molecular flexibility index (Phi) is 9.04. The van der Waals surface area contributed by atoms with Crippen LogP contribution in [0.4, 0.5) is 5.82 Å². The van der Waals surface area contributed by atoms with Crippen molar-refractivity contribution >= 4 is 35.2 Å². The number of amides is 1. The number of halogens is 1. The van der Waals surface area contributed by atoms with Crippen molar-refractivity contribution in [2.24, 2.45) is 11.7 Å². The normalized spacial score (nSPS) is 17.9. The Labute approximate surface area is 234 Å². The highest BCUT2D eigenvalue weighted by atomic mass is 35.5. The summed E-state index contributed by atoms with van der Waals surface area (Å²) in [5, 5.41) is 8.88. The third-order valence-electron chi connectivity index (χ3n) is 7.08. The van der Waals surface area contributed by atoms with E-state index in [9.17, 15) is 4.79 Å². The first kappa shape index (κ1) is 28.3. The van der Waals surface area contributed by atoms with Gasteiger partial charge in [0.1, 0.15) is 29.3 Å². The van der Waals surface area contributed by atoms with E-state index in [1.54, 1.807) is 0 Å². The summed E-state index contributed by atoms with van der Waals surface area (Å²) in [4.78, 5) is 21.3. The van der Waals surface area contributed by atoms with Gasteiger partial charge in [0.25, 0.3) is 0 Å². The van der Waals surface area contributed by atoms with Crippen molar-refractivity contribution < 1.29 is 9.53 Å². The van der Waals surface area contributed by atoms with E-state index in [2.05, 4.69) is 29.1 Å². The molecule has 0 aliphatic heterocycles. The second-order valence-electron chi connectivity index (χ2n) is 10.4. The van der Waals surface area contributed by atoms with Crippen LogP contribution in [0.25, 0.3) is 22.3 Å². The van der Waals surface area contributed by atoms with Gasteiger partial charge >= 0.3 is 0 Å². The van der Waals surface area contributed by atoms with Crippen molar-refractivity contribution in [2.45, 2.75) is 64.1 Å². The van der Waals surface area contributed by atoms with Crippen molar-refractivity contribution in [1.82, 2.24) is 25.1 Å². The van der Waals surface area contributed by atoms with Gasteiger partial charge in [-0.25, -0.2) is 14.6 Å². The number of hydrogen-bond donors (Lipinski definition) is 3. The highest BCUT2D eigenvalue weighted by Gasteiger charge is 2.28. The third-order valence-corrected chi connectivity index (χ3v) is 7.08. The number of hydrogen-bond acceptors (Lipinski definition) is 7. The summed E-state index contributed by atoms with van der Waals surface area (Å²) in [5.41, 5.74) is 14.8. The third kappa shape index (κ3) is 6.49. The number of carbonyl (C=O) groups excluding carboxylic acids is 1. The van der Waals surface area contributed by atoms with Gasteiger partial charge in [-0.2, -0.15) is 5.10 Å². The van der Waals surface area contributed by atoms with Gasteiger partial charge in [-0.3, -0.25) is 4.79 Å². The monoisotopic (exact) mass is 549 g/mol. The number of nitrogen functional groups attached to an aromatic ring is 1. The summed E-state index contributed by atoms with van der Waals surface area (Å²) in [7, 11) is 0. The Morgan fingerprint density at radius 2 is 1.69 bits per heavy atom. The Bertz CT molecular complexity index is 1380. The Hall–Kier alpha value is -3.69. The molecule has 0 saturated heterocycles. The maximum Gasteiger partial charge on any atom is 0.237 e. The predicted molar refractivity (Wildman–Crippen MR) is 156 cm³/mol. The van der Waals surface area contributed by atoms with Gasteiger partial charge in [-0.05, 0) is 74.4 Å². The molecule has 1 unspecified atom stereocenters. The Balaban J connectivity index is 0.00000353. The predicted octanol–water partition coefficient (Wildman–Crippen LogP) is 5.26. The number of anilines is 1. The molecule has 5 rings (SSSR count). The number of nitrogens with two attached hydrogens (primary N) is 2. The molecule has 1 aliphatic rings. The highest BCUT2D eigenvalue weighted by Crippen LogP contribution is 2.36. The second-order valence-corrected chi connectivity index (χ2v) is 10.4. The Morgan fingerprint density at radius 3 is 2.36 bits per heavy atom. The number of carbonyl (C=O) groups is 1. The summed E-state index contributed by atoms with van der Waals surface area (Å²) in [6.07, 6.45) is 5.62. The summed E-state index contributed by atoms with van der Waals surface area (Å²) < 4.78 is 7.92. The van der Waals surface area contributed by atoms with Gasteiger partial charge in [0.15, 0.2) is 5.65 Å². The van der Waals surface area contributed by atoms with E-state index < -0.39 is 6.04 Å². The molecule has 1 amide bonds. The fraction of sp³-hybridized carbons (Fsp3) is 0.379. The molecule has 9 nitrogen and oxygen atoms in total. The number of para-hydroxylation sites is 1. The zero-order valence-corrected chi connectivity index (χ0v) is 23.1. The van der Waals surface area contributed by atoms with Crippen LogP contribution < -0.4 is 21.5 Å². The SMILES string of the molecule is CC(C)CC(N)C(=O)NC1CCC(n2nc(-c3ccc(Oc4ccccc4)cc3)c3c(N)ncnc32)CC1.Cl. The van der Waals surface area contributed by atoms with Crippen molar-refractivity contribution in [3.63, 3.8) is 0 Å². The molecule has 2 heterocycles. The number of ether oxygens (including phenoxy) is 1. The van der Waals surface area contributed by atoms with Gasteiger partial charge in [0.2, 0.25) is 5.91 Å². The smallest absolute Gasteiger partial charge is 0.237 e. The number of benzene rings is 2. The molecule has 1 saturated carbocycles. The van der Waals surface area contributed by atoms with Gasteiger partial charge in [-0.1, -0.05) is 32.0 Å². The maximum atomic E-state index is 12.5. The van der Waals surface area contributed by atoms with E-state index in [0.717, 1.165) is 59.5 Å². The van der Waals surface area contributed by atoms with Crippen molar-refractivity contribution in [1.29, 1.82) is 0 Å². The molecule has 2 aromatic heterocycles. The first-order chi connectivity index (χ1) is 18.4. The van der Waals surface area contributed by atoms with Crippen molar-refractivity contribution in [2.75, 3.05) is 5.73 Å². The molecular formula is C29H36ClN7O2. The standard InChI is InChI=1S/C29H35N7O2.ClH/c1-18(2)16-24(30)29(37)34-20-10-12-21(13-11-20)36-28-25(27(31)32-17-33-28)26(35-36)19-8-14-23(15-9-19)38-22-6-4-3-5-7-22;/h3-9,14-15,17-18,20-21,24H,10-13,16,30H2,1-2H3,(H,34,37)(H2,31,32,33);1H. The van der Waals surface area contributed by atoms with E-state index in [1.165, 1.54) is 6.33 Å². The Morgan fingerprint density at radius 1 is 1.03 bits per heavy atom. The molecule has 4 aromatic rings. The van der Waals surface area contributed by atoms with Crippen molar-refractivity contribution in [3.8, 4) is 22.8 Å². The van der Waals surface area contributed by atoms with Crippen LogP contribution >= 0.6 is 12.4 Å². The van der Waals surface area contributed by atoms with Crippen LogP contribution in [0.15, 0.2) is 60.9 Å². The number of fused-ring (bicyclic) bond motifs is 1. The number of nitrogens with zero attached hydrogens (tertiary/aromatic N) is 4. The number of rotatable bonds is 8. The first-order valence-corrected chi connectivity index (χ1v) is 13.3. The van der Waals surface area contributed by atoms with Crippen LogP contribution in [0, 0.1) is 5.92 Å². The molecule has 0 radical (unpaired) electrons.